The Labute approximate surface area is 235 Å². The van der Waals surface area contributed by atoms with Gasteiger partial charge in [-0.1, -0.05) is 96.3 Å². The van der Waals surface area contributed by atoms with E-state index in [1.165, 1.54) is 52.9 Å². The number of fused-ring (bicyclic) bond motifs is 2. The molecule has 8 rings (SSSR count). The van der Waals surface area contributed by atoms with Crippen molar-refractivity contribution >= 4 is 51.4 Å². The molecular formula is C35H20N2S2. The lowest BCUT2D eigenvalue weighted by Crippen LogP contribution is -2.12. The van der Waals surface area contributed by atoms with Gasteiger partial charge in [-0.05, 0) is 70.6 Å². The molecule has 0 unspecified atom stereocenters. The van der Waals surface area contributed by atoms with Gasteiger partial charge in [0.25, 0.3) is 0 Å². The standard InChI is InChI=1S/C35H20N2S2/c36-21-22-11-13-23(14-12-22)24-15-18-26(19-16-24)37-29-8-2-1-6-27(29)28-7-3-5-25-17-20-32-35(33(25)28)39-34-30(37)9-4-10-31(34)38-32/h1-20H. The summed E-state index contributed by atoms with van der Waals surface area (Å²) in [4.78, 5) is 7.67. The molecule has 0 saturated carbocycles. The Bertz CT molecular complexity index is 1970. The zero-order valence-corrected chi connectivity index (χ0v) is 22.4. The van der Waals surface area contributed by atoms with Gasteiger partial charge in [0.2, 0.25) is 0 Å². The first-order valence-corrected chi connectivity index (χ1v) is 14.5. The maximum atomic E-state index is 9.17. The third-order valence-corrected chi connectivity index (χ3v) is 10.1. The summed E-state index contributed by atoms with van der Waals surface area (Å²) in [5.41, 5.74) is 8.87. The molecule has 2 bridgehead atoms. The Morgan fingerprint density at radius 2 is 1.23 bits per heavy atom. The maximum Gasteiger partial charge on any atom is 0.0991 e. The van der Waals surface area contributed by atoms with Crippen molar-refractivity contribution < 1.29 is 0 Å². The van der Waals surface area contributed by atoms with Crippen LogP contribution in [0.5, 0.6) is 0 Å². The number of hydrogen-bond donors (Lipinski definition) is 0. The number of para-hydroxylation sites is 1. The Hall–Kier alpha value is -4.43. The van der Waals surface area contributed by atoms with Crippen LogP contribution >= 0.6 is 23.5 Å². The van der Waals surface area contributed by atoms with Crippen molar-refractivity contribution in [2.24, 2.45) is 0 Å². The van der Waals surface area contributed by atoms with Gasteiger partial charge in [0.15, 0.2) is 0 Å². The molecule has 6 aromatic carbocycles. The lowest BCUT2D eigenvalue weighted by Gasteiger charge is -2.30. The molecule has 0 aromatic heterocycles. The van der Waals surface area contributed by atoms with E-state index in [9.17, 15) is 5.26 Å². The highest BCUT2D eigenvalue weighted by Crippen LogP contribution is 2.58. The zero-order chi connectivity index (χ0) is 25.9. The third-order valence-electron chi connectivity index (χ3n) is 7.49. The SMILES string of the molecule is N#Cc1ccc(-c2ccc(N3c4ccccc4-c4cccc5ccc6c(c45)Sc4c(cccc43)S6)cc2)cc1. The lowest BCUT2D eigenvalue weighted by molar-refractivity contribution is 1.14. The Kier molecular flexibility index (Phi) is 5.09. The number of nitrogens with zero attached hydrogens (tertiary/aromatic N) is 2. The number of benzene rings is 6. The summed E-state index contributed by atoms with van der Waals surface area (Å²) in [6.07, 6.45) is 0. The summed E-state index contributed by atoms with van der Waals surface area (Å²) in [7, 11) is 0. The van der Waals surface area contributed by atoms with Crippen LogP contribution < -0.4 is 4.90 Å². The van der Waals surface area contributed by atoms with Crippen LogP contribution in [-0.2, 0) is 0 Å². The van der Waals surface area contributed by atoms with Crippen LogP contribution in [0.3, 0.4) is 0 Å². The normalized spacial score (nSPS) is 12.8. The van der Waals surface area contributed by atoms with Crippen LogP contribution in [0.1, 0.15) is 5.56 Å². The van der Waals surface area contributed by atoms with Crippen LogP contribution in [-0.4, -0.2) is 0 Å². The van der Waals surface area contributed by atoms with Gasteiger partial charge in [0.1, 0.15) is 0 Å². The van der Waals surface area contributed by atoms with Crippen LogP contribution in [0.4, 0.5) is 17.1 Å². The molecule has 0 aliphatic carbocycles. The average Bonchev–Trinajstić information content (AvgIpc) is 3.05. The van der Waals surface area contributed by atoms with E-state index in [-0.39, 0.29) is 0 Å². The van der Waals surface area contributed by atoms with Crippen molar-refractivity contribution in [3.05, 3.63) is 127 Å². The average molecular weight is 533 g/mol. The molecule has 182 valence electrons. The molecule has 0 radical (unpaired) electrons. The minimum atomic E-state index is 0.673. The van der Waals surface area contributed by atoms with E-state index < -0.39 is 0 Å². The van der Waals surface area contributed by atoms with Gasteiger partial charge >= 0.3 is 0 Å². The Morgan fingerprint density at radius 3 is 2.05 bits per heavy atom. The lowest BCUT2D eigenvalue weighted by atomic mass is 9.96. The van der Waals surface area contributed by atoms with E-state index in [0.29, 0.717) is 5.56 Å². The molecule has 0 saturated heterocycles. The number of rotatable bonds is 2. The summed E-state index contributed by atoms with van der Waals surface area (Å²) >= 11 is 3.77. The van der Waals surface area contributed by atoms with Crippen LogP contribution in [0.25, 0.3) is 33.0 Å². The minimum Gasteiger partial charge on any atom is -0.309 e. The molecule has 0 fully saturated rings. The second kappa shape index (κ2) is 8.81. The smallest absolute Gasteiger partial charge is 0.0991 e. The zero-order valence-electron chi connectivity index (χ0n) is 20.8. The maximum absolute atomic E-state index is 9.17. The molecule has 6 aromatic rings. The highest BCUT2D eigenvalue weighted by atomic mass is 32.2. The van der Waals surface area contributed by atoms with Gasteiger partial charge in [-0.25, -0.2) is 0 Å². The van der Waals surface area contributed by atoms with Gasteiger partial charge in [-0.3, -0.25) is 0 Å². The first-order valence-electron chi connectivity index (χ1n) is 12.8. The topological polar surface area (TPSA) is 27.0 Å². The highest BCUT2D eigenvalue weighted by molar-refractivity contribution is 8.05. The fourth-order valence-electron chi connectivity index (χ4n) is 5.66. The van der Waals surface area contributed by atoms with Gasteiger partial charge in [-0.15, -0.1) is 0 Å². The van der Waals surface area contributed by atoms with Crippen molar-refractivity contribution in [1.82, 2.24) is 0 Å². The summed E-state index contributed by atoms with van der Waals surface area (Å²) in [6.45, 7) is 0. The third kappa shape index (κ3) is 3.51. The van der Waals surface area contributed by atoms with Gasteiger partial charge < -0.3 is 4.90 Å². The first-order chi connectivity index (χ1) is 19.3. The van der Waals surface area contributed by atoms with Crippen LogP contribution in [0.15, 0.2) is 141 Å². The van der Waals surface area contributed by atoms with E-state index in [2.05, 4.69) is 108 Å². The molecule has 2 aliphatic heterocycles. The molecular weight excluding hydrogens is 513 g/mol. The Morgan fingerprint density at radius 1 is 0.538 bits per heavy atom. The van der Waals surface area contributed by atoms with Crippen molar-refractivity contribution in [2.45, 2.75) is 19.6 Å². The quantitative estimate of drug-likeness (QED) is 0.221. The Balaban J connectivity index is 1.38. The molecule has 2 heterocycles. The van der Waals surface area contributed by atoms with Gasteiger partial charge in [0.05, 0.1) is 27.9 Å². The van der Waals surface area contributed by atoms with Gasteiger partial charge in [0, 0.05) is 31.3 Å². The van der Waals surface area contributed by atoms with E-state index in [1.54, 1.807) is 0 Å². The molecule has 2 nitrogen and oxygen atoms in total. The van der Waals surface area contributed by atoms with E-state index in [4.69, 9.17) is 0 Å². The van der Waals surface area contributed by atoms with Crippen molar-refractivity contribution in [2.75, 3.05) is 4.90 Å². The molecule has 0 amide bonds. The van der Waals surface area contributed by atoms with Crippen molar-refractivity contribution in [1.29, 1.82) is 5.26 Å². The van der Waals surface area contributed by atoms with Crippen molar-refractivity contribution in [3.8, 4) is 28.3 Å². The highest BCUT2D eigenvalue weighted by Gasteiger charge is 2.29. The fraction of sp³-hybridized carbons (Fsp3) is 0. The van der Waals surface area contributed by atoms with Crippen molar-refractivity contribution in [3.63, 3.8) is 0 Å². The number of anilines is 3. The predicted octanol–water partition coefficient (Wildman–Crippen LogP) is 10.4. The fourth-order valence-corrected chi connectivity index (χ4v) is 8.21. The molecule has 0 spiro atoms. The monoisotopic (exact) mass is 532 g/mol. The van der Waals surface area contributed by atoms with Crippen LogP contribution in [0, 0.1) is 11.3 Å². The molecule has 39 heavy (non-hydrogen) atoms. The van der Waals surface area contributed by atoms with E-state index in [1.807, 2.05) is 47.8 Å². The molecule has 2 aliphatic rings. The van der Waals surface area contributed by atoms with Crippen LogP contribution in [0.2, 0.25) is 0 Å². The number of nitriles is 1. The number of hydrogen-bond acceptors (Lipinski definition) is 4. The van der Waals surface area contributed by atoms with E-state index >= 15 is 0 Å². The van der Waals surface area contributed by atoms with Gasteiger partial charge in [-0.2, -0.15) is 5.26 Å². The molecule has 4 heteroatoms. The first kappa shape index (κ1) is 22.5. The largest absolute Gasteiger partial charge is 0.309 e. The molecule has 0 N–H and O–H groups in total. The summed E-state index contributed by atoms with van der Waals surface area (Å²) in [5.74, 6) is 0. The second-order valence-corrected chi connectivity index (χ2v) is 11.8. The second-order valence-electron chi connectivity index (χ2n) is 9.69. The molecule has 0 atom stereocenters. The summed E-state index contributed by atoms with van der Waals surface area (Å²) in [6, 6.07) is 45.4. The summed E-state index contributed by atoms with van der Waals surface area (Å²) < 4.78 is 0. The summed E-state index contributed by atoms with van der Waals surface area (Å²) in [5, 5.41) is 11.8. The van der Waals surface area contributed by atoms with E-state index in [0.717, 1.165) is 16.8 Å². The minimum absolute atomic E-state index is 0.673. The predicted molar refractivity (Wildman–Crippen MR) is 162 cm³/mol.